The summed E-state index contributed by atoms with van der Waals surface area (Å²) in [5, 5.41) is 11.6. The Morgan fingerprint density at radius 3 is 2.94 bits per heavy atom. The molecule has 2 amide bonds. The number of ether oxygens (including phenoxy) is 4. The Morgan fingerprint density at radius 2 is 2.19 bits per heavy atom. The number of methoxy groups -OCH3 is 2. The second-order valence-electron chi connectivity index (χ2n) is 7.63. The van der Waals surface area contributed by atoms with Crippen molar-refractivity contribution in [2.45, 2.75) is 38.1 Å². The van der Waals surface area contributed by atoms with Gasteiger partial charge < -0.3 is 23.8 Å². The summed E-state index contributed by atoms with van der Waals surface area (Å²) in [6.45, 7) is 1.43. The zero-order chi connectivity index (χ0) is 22.5. The van der Waals surface area contributed by atoms with Gasteiger partial charge in [0.25, 0.3) is 0 Å². The first kappa shape index (κ1) is 22.4. The van der Waals surface area contributed by atoms with Crippen LogP contribution in [0.2, 0.25) is 0 Å². The van der Waals surface area contributed by atoms with Crippen molar-refractivity contribution >= 4 is 28.3 Å². The fraction of sp³-hybridized carbons (Fsp3) is 0.524. The fourth-order valence-electron chi connectivity index (χ4n) is 3.79. The number of nitrogens with zero attached hydrogens (tertiary/aromatic N) is 3. The summed E-state index contributed by atoms with van der Waals surface area (Å²) in [5.41, 5.74) is 0.961. The number of aromatic nitrogens is 2. The average molecular weight is 463 g/mol. The maximum Gasteiger partial charge on any atom is 0.245 e. The van der Waals surface area contributed by atoms with Gasteiger partial charge in [0.05, 0.1) is 20.3 Å². The van der Waals surface area contributed by atoms with Crippen LogP contribution in [0.25, 0.3) is 0 Å². The number of likely N-dealkylation sites (tertiary alicyclic amines) is 1. The largest absolute Gasteiger partial charge is 0.493 e. The quantitative estimate of drug-likeness (QED) is 0.603. The van der Waals surface area contributed by atoms with Gasteiger partial charge in [-0.1, -0.05) is 17.4 Å². The molecule has 1 aromatic heterocycles. The van der Waals surface area contributed by atoms with Gasteiger partial charge >= 0.3 is 0 Å². The highest BCUT2D eigenvalue weighted by atomic mass is 32.1. The minimum Gasteiger partial charge on any atom is -0.493 e. The van der Waals surface area contributed by atoms with E-state index in [0.29, 0.717) is 47.8 Å². The van der Waals surface area contributed by atoms with Gasteiger partial charge in [0.2, 0.25) is 16.9 Å². The number of hydrogen-bond acceptors (Lipinski definition) is 9. The Balaban J connectivity index is 1.37. The summed E-state index contributed by atoms with van der Waals surface area (Å²) in [6.07, 6.45) is 1.84. The molecule has 2 aliphatic rings. The van der Waals surface area contributed by atoms with Crippen molar-refractivity contribution in [1.29, 1.82) is 0 Å². The van der Waals surface area contributed by atoms with E-state index in [4.69, 9.17) is 18.9 Å². The minimum absolute atomic E-state index is 0.0377. The Hall–Kier alpha value is -2.76. The number of anilines is 1. The number of rotatable bonds is 9. The molecule has 172 valence electrons. The SMILES string of the molecule is COCc1nnc(NC(=O)CN2C[C@H](c3ccc(OC)c(OC4CCCO4)c3)CC2=O)s1. The number of benzene rings is 1. The van der Waals surface area contributed by atoms with E-state index < -0.39 is 0 Å². The molecular formula is C21H26N4O6S. The molecule has 2 atom stereocenters. The van der Waals surface area contributed by atoms with Crippen LogP contribution < -0.4 is 14.8 Å². The van der Waals surface area contributed by atoms with Crippen molar-refractivity contribution in [3.8, 4) is 11.5 Å². The third-order valence-electron chi connectivity index (χ3n) is 5.34. The zero-order valence-corrected chi connectivity index (χ0v) is 18.9. The monoisotopic (exact) mass is 462 g/mol. The number of hydrogen-bond donors (Lipinski definition) is 1. The molecule has 2 aliphatic heterocycles. The summed E-state index contributed by atoms with van der Waals surface area (Å²) in [7, 11) is 3.16. The molecule has 11 heteroatoms. The van der Waals surface area contributed by atoms with Gasteiger partial charge in [-0.3, -0.25) is 14.9 Å². The highest BCUT2D eigenvalue weighted by Gasteiger charge is 2.32. The molecule has 0 radical (unpaired) electrons. The van der Waals surface area contributed by atoms with E-state index in [1.54, 1.807) is 19.1 Å². The second-order valence-corrected chi connectivity index (χ2v) is 8.69. The molecule has 0 saturated carbocycles. The van der Waals surface area contributed by atoms with E-state index in [1.165, 1.54) is 11.3 Å². The van der Waals surface area contributed by atoms with Gasteiger partial charge in [0, 0.05) is 32.4 Å². The van der Waals surface area contributed by atoms with Crippen molar-refractivity contribution in [2.24, 2.45) is 0 Å². The van der Waals surface area contributed by atoms with Crippen LogP contribution in [0.4, 0.5) is 5.13 Å². The Morgan fingerprint density at radius 1 is 1.31 bits per heavy atom. The third kappa shape index (κ3) is 5.34. The highest BCUT2D eigenvalue weighted by Crippen LogP contribution is 2.36. The average Bonchev–Trinajstić information content (AvgIpc) is 3.52. The van der Waals surface area contributed by atoms with Crippen molar-refractivity contribution in [3.63, 3.8) is 0 Å². The molecule has 2 saturated heterocycles. The van der Waals surface area contributed by atoms with Gasteiger partial charge in [0.1, 0.15) is 11.6 Å². The molecular weight excluding hydrogens is 436 g/mol. The Kier molecular flexibility index (Phi) is 7.18. The van der Waals surface area contributed by atoms with Crippen molar-refractivity contribution in [1.82, 2.24) is 15.1 Å². The number of amides is 2. The molecule has 4 rings (SSSR count). The molecule has 1 unspecified atom stereocenters. The van der Waals surface area contributed by atoms with Gasteiger partial charge in [-0.15, -0.1) is 10.2 Å². The van der Waals surface area contributed by atoms with Crippen molar-refractivity contribution in [2.75, 3.05) is 39.2 Å². The van der Waals surface area contributed by atoms with Crippen LogP contribution in [-0.2, 0) is 25.7 Å². The van der Waals surface area contributed by atoms with Crippen molar-refractivity contribution < 1.29 is 28.5 Å². The molecule has 0 spiro atoms. The van der Waals surface area contributed by atoms with Crippen LogP contribution in [0.3, 0.4) is 0 Å². The van der Waals surface area contributed by atoms with Gasteiger partial charge in [0.15, 0.2) is 17.8 Å². The molecule has 2 fully saturated rings. The van der Waals surface area contributed by atoms with Crippen molar-refractivity contribution in [3.05, 3.63) is 28.8 Å². The predicted octanol–water partition coefficient (Wildman–Crippen LogP) is 2.16. The molecule has 1 N–H and O–H groups in total. The smallest absolute Gasteiger partial charge is 0.245 e. The summed E-state index contributed by atoms with van der Waals surface area (Å²) in [5.74, 6) is 0.803. The number of nitrogens with one attached hydrogen (secondary N) is 1. The Bertz CT molecular complexity index is 962. The molecule has 0 aliphatic carbocycles. The van der Waals surface area contributed by atoms with E-state index >= 15 is 0 Å². The second kappa shape index (κ2) is 10.2. The third-order valence-corrected chi connectivity index (χ3v) is 6.15. The summed E-state index contributed by atoms with van der Waals surface area (Å²) >= 11 is 1.24. The van der Waals surface area contributed by atoms with Crippen LogP contribution in [-0.4, -0.2) is 67.1 Å². The lowest BCUT2D eigenvalue weighted by Crippen LogP contribution is -2.34. The first-order valence-electron chi connectivity index (χ1n) is 10.4. The van der Waals surface area contributed by atoms with Gasteiger partial charge in [-0.05, 0) is 24.1 Å². The lowest BCUT2D eigenvalue weighted by molar-refractivity contribution is -0.131. The zero-order valence-electron chi connectivity index (χ0n) is 18.0. The lowest BCUT2D eigenvalue weighted by Gasteiger charge is -2.19. The highest BCUT2D eigenvalue weighted by molar-refractivity contribution is 7.15. The molecule has 10 nitrogen and oxygen atoms in total. The summed E-state index contributed by atoms with van der Waals surface area (Å²) in [6, 6.07) is 5.68. The van der Waals surface area contributed by atoms with Crippen LogP contribution in [0.5, 0.6) is 11.5 Å². The first-order chi connectivity index (χ1) is 15.6. The maximum absolute atomic E-state index is 12.6. The van der Waals surface area contributed by atoms with Gasteiger partial charge in [-0.2, -0.15) is 0 Å². The molecule has 0 bridgehead atoms. The van der Waals surface area contributed by atoms with Gasteiger partial charge in [-0.25, -0.2) is 0 Å². The van der Waals surface area contributed by atoms with E-state index in [1.807, 2.05) is 18.2 Å². The molecule has 3 heterocycles. The maximum atomic E-state index is 12.6. The minimum atomic E-state index is -0.309. The molecule has 1 aromatic carbocycles. The topological polar surface area (TPSA) is 112 Å². The molecule has 2 aromatic rings. The van der Waals surface area contributed by atoms with E-state index in [9.17, 15) is 9.59 Å². The summed E-state index contributed by atoms with van der Waals surface area (Å²) < 4.78 is 21.9. The molecule has 32 heavy (non-hydrogen) atoms. The predicted molar refractivity (Wildman–Crippen MR) is 116 cm³/mol. The van der Waals surface area contributed by atoms with Crippen LogP contribution in [0.15, 0.2) is 18.2 Å². The first-order valence-corrected chi connectivity index (χ1v) is 11.2. The van der Waals surface area contributed by atoms with E-state index in [0.717, 1.165) is 18.4 Å². The fourth-order valence-corrected chi connectivity index (χ4v) is 4.52. The Labute approximate surface area is 189 Å². The standard InChI is InChI=1S/C21H26N4O6S/c1-28-12-18-23-24-21(32-18)22-17(26)11-25-10-14(9-19(25)27)13-5-6-15(29-2)16(8-13)31-20-4-3-7-30-20/h5-6,8,14,20H,3-4,7,9-12H2,1-2H3,(H,22,24,26)/t14-,20?/m1/s1. The number of carbonyl (C=O) groups is 2. The number of carbonyl (C=O) groups excluding carboxylic acids is 2. The summed E-state index contributed by atoms with van der Waals surface area (Å²) in [4.78, 5) is 26.5. The van der Waals surface area contributed by atoms with E-state index in [2.05, 4.69) is 15.5 Å². The van der Waals surface area contributed by atoms with Crippen LogP contribution in [0, 0.1) is 0 Å². The van der Waals surface area contributed by atoms with Crippen LogP contribution in [0.1, 0.15) is 35.8 Å². The van der Waals surface area contributed by atoms with Crippen LogP contribution >= 0.6 is 11.3 Å². The lowest BCUT2D eigenvalue weighted by atomic mass is 9.98. The van der Waals surface area contributed by atoms with E-state index in [-0.39, 0.29) is 30.6 Å². The normalized spacial score (nSPS) is 20.6.